The van der Waals surface area contributed by atoms with Crippen LogP contribution in [-0.2, 0) is 0 Å². The molecule has 1 saturated heterocycles. The van der Waals surface area contributed by atoms with Crippen LogP contribution in [0.25, 0.3) is 17.2 Å². The van der Waals surface area contributed by atoms with Crippen LogP contribution >= 0.6 is 0 Å². The molecule has 1 unspecified atom stereocenters. The van der Waals surface area contributed by atoms with Crippen molar-refractivity contribution >= 4 is 17.7 Å². The first-order chi connectivity index (χ1) is 13.8. The molecule has 0 bridgehead atoms. The van der Waals surface area contributed by atoms with E-state index in [1.165, 1.54) is 12.0 Å². The number of hydrogen-bond donors (Lipinski definition) is 0. The van der Waals surface area contributed by atoms with Gasteiger partial charge in [0.1, 0.15) is 17.6 Å². The summed E-state index contributed by atoms with van der Waals surface area (Å²) in [5.74, 6) is 2.00. The second-order valence-electron chi connectivity index (χ2n) is 6.98. The minimum Gasteiger partial charge on any atom is -0.356 e. The molecule has 8 nitrogen and oxygen atoms in total. The summed E-state index contributed by atoms with van der Waals surface area (Å²) in [5.41, 5.74) is 3.08. The molecule has 1 fully saturated rings. The smallest absolute Gasteiger partial charge is 0.180 e. The van der Waals surface area contributed by atoms with Crippen molar-refractivity contribution in [2.45, 2.75) is 12.8 Å². The van der Waals surface area contributed by atoms with Gasteiger partial charge in [0.15, 0.2) is 17.2 Å². The van der Waals surface area contributed by atoms with Gasteiger partial charge in [-0.15, -0.1) is 0 Å². The van der Waals surface area contributed by atoms with Gasteiger partial charge in [0.05, 0.1) is 18.9 Å². The number of piperidine rings is 1. The molecule has 5 heterocycles. The topological polar surface area (TPSA) is 95.4 Å². The van der Waals surface area contributed by atoms with Crippen LogP contribution in [-0.4, -0.2) is 50.2 Å². The lowest BCUT2D eigenvalue weighted by Crippen LogP contribution is -2.36. The second-order valence-corrected chi connectivity index (χ2v) is 6.98. The molecule has 3 aromatic rings. The Bertz CT molecular complexity index is 1140. The SMILES string of the molecule is N#Cc1cn2c(-c3nccc(N4CCCC(C5=CCN=C5)C4)n3)cnc2cn1. The monoisotopic (exact) mass is 370 g/mol. The maximum atomic E-state index is 9.13. The number of nitrogens with zero attached hydrogens (tertiary/aromatic N) is 8. The van der Waals surface area contributed by atoms with E-state index in [9.17, 15) is 0 Å². The van der Waals surface area contributed by atoms with Crippen LogP contribution in [0.3, 0.4) is 0 Å². The number of aromatic nitrogens is 5. The highest BCUT2D eigenvalue weighted by molar-refractivity contribution is 5.81. The zero-order chi connectivity index (χ0) is 18.9. The largest absolute Gasteiger partial charge is 0.356 e. The van der Waals surface area contributed by atoms with Crippen molar-refractivity contribution in [3.8, 4) is 17.6 Å². The van der Waals surface area contributed by atoms with Gasteiger partial charge in [-0.25, -0.2) is 19.9 Å². The van der Waals surface area contributed by atoms with E-state index in [4.69, 9.17) is 10.2 Å². The first kappa shape index (κ1) is 16.6. The van der Waals surface area contributed by atoms with Gasteiger partial charge >= 0.3 is 0 Å². The molecule has 0 spiro atoms. The standard InChI is InChI=1S/C20H18N8/c21-8-16-13-28-17(10-25-19(28)11-24-16)20-23-6-4-18(26-20)27-7-1-2-15(12-27)14-3-5-22-9-14/h3-4,6,9-11,13,15H,1-2,5,7,12H2. The predicted octanol–water partition coefficient (Wildman–Crippen LogP) is 2.29. The van der Waals surface area contributed by atoms with Gasteiger partial charge in [-0.05, 0) is 24.5 Å². The zero-order valence-electron chi connectivity index (χ0n) is 15.2. The number of anilines is 1. The van der Waals surface area contributed by atoms with Gasteiger partial charge in [0.2, 0.25) is 0 Å². The highest BCUT2D eigenvalue weighted by atomic mass is 15.2. The molecule has 28 heavy (non-hydrogen) atoms. The van der Waals surface area contributed by atoms with Gasteiger partial charge in [0, 0.05) is 37.6 Å². The van der Waals surface area contributed by atoms with E-state index in [0.29, 0.717) is 23.1 Å². The van der Waals surface area contributed by atoms with E-state index in [0.717, 1.165) is 37.6 Å². The summed E-state index contributed by atoms with van der Waals surface area (Å²) in [5, 5.41) is 9.13. The first-order valence-corrected chi connectivity index (χ1v) is 9.33. The van der Waals surface area contributed by atoms with Gasteiger partial charge in [-0.1, -0.05) is 6.08 Å². The molecule has 0 N–H and O–H groups in total. The number of fused-ring (bicyclic) bond motifs is 1. The Morgan fingerprint density at radius 1 is 1.18 bits per heavy atom. The number of imidazole rings is 1. The number of nitriles is 1. The fourth-order valence-electron chi connectivity index (χ4n) is 3.86. The van der Waals surface area contributed by atoms with Crippen LogP contribution in [0.1, 0.15) is 18.5 Å². The van der Waals surface area contributed by atoms with Gasteiger partial charge in [-0.3, -0.25) is 9.39 Å². The van der Waals surface area contributed by atoms with E-state index in [2.05, 4.69) is 37.0 Å². The minimum absolute atomic E-state index is 0.327. The van der Waals surface area contributed by atoms with E-state index in [1.54, 1.807) is 24.8 Å². The summed E-state index contributed by atoms with van der Waals surface area (Å²) in [6.07, 6.45) is 13.3. The lowest BCUT2D eigenvalue weighted by molar-refractivity contribution is 0.474. The third kappa shape index (κ3) is 2.91. The minimum atomic E-state index is 0.327. The molecule has 0 aromatic carbocycles. The average molecular weight is 370 g/mol. The first-order valence-electron chi connectivity index (χ1n) is 9.33. The average Bonchev–Trinajstić information content (AvgIpc) is 3.43. The van der Waals surface area contributed by atoms with E-state index >= 15 is 0 Å². The Kier molecular flexibility index (Phi) is 4.05. The third-order valence-electron chi connectivity index (χ3n) is 5.27. The maximum absolute atomic E-state index is 9.13. The summed E-state index contributed by atoms with van der Waals surface area (Å²) in [6, 6.07) is 4.01. The van der Waals surface area contributed by atoms with Gasteiger partial charge in [0.25, 0.3) is 0 Å². The van der Waals surface area contributed by atoms with Crippen LogP contribution in [0.5, 0.6) is 0 Å². The van der Waals surface area contributed by atoms with Crippen LogP contribution < -0.4 is 4.90 Å². The molecule has 2 aliphatic heterocycles. The molecular formula is C20H18N8. The summed E-state index contributed by atoms with van der Waals surface area (Å²) in [4.78, 5) is 24.3. The van der Waals surface area contributed by atoms with Crippen molar-refractivity contribution in [2.24, 2.45) is 10.9 Å². The normalized spacial score (nSPS) is 19.0. The maximum Gasteiger partial charge on any atom is 0.180 e. The number of aliphatic imine (C=N–C) groups is 1. The van der Waals surface area contributed by atoms with Crippen molar-refractivity contribution in [3.63, 3.8) is 0 Å². The Morgan fingerprint density at radius 2 is 2.14 bits per heavy atom. The molecule has 2 aliphatic rings. The molecule has 1 atom stereocenters. The molecule has 5 rings (SSSR count). The van der Waals surface area contributed by atoms with E-state index in [-0.39, 0.29) is 0 Å². The van der Waals surface area contributed by atoms with E-state index in [1.807, 2.05) is 16.7 Å². The molecule has 3 aromatic heterocycles. The van der Waals surface area contributed by atoms with Crippen LogP contribution in [0.15, 0.2) is 47.5 Å². The van der Waals surface area contributed by atoms with Crippen LogP contribution in [0.2, 0.25) is 0 Å². The van der Waals surface area contributed by atoms with Crippen molar-refractivity contribution in [3.05, 3.63) is 48.2 Å². The number of hydrogen-bond acceptors (Lipinski definition) is 7. The summed E-state index contributed by atoms with van der Waals surface area (Å²) >= 11 is 0. The lowest BCUT2D eigenvalue weighted by Gasteiger charge is -2.33. The van der Waals surface area contributed by atoms with E-state index < -0.39 is 0 Å². The number of rotatable bonds is 3. The fraction of sp³-hybridized carbons (Fsp3) is 0.300. The molecule has 8 heteroatoms. The molecule has 138 valence electrons. The zero-order valence-corrected chi connectivity index (χ0v) is 15.2. The molecule has 0 amide bonds. The third-order valence-corrected chi connectivity index (χ3v) is 5.27. The fourth-order valence-corrected chi connectivity index (χ4v) is 3.86. The highest BCUT2D eigenvalue weighted by Gasteiger charge is 2.24. The molecular weight excluding hydrogens is 352 g/mol. The Balaban J connectivity index is 1.47. The van der Waals surface area contributed by atoms with Crippen molar-refractivity contribution < 1.29 is 0 Å². The molecule has 0 radical (unpaired) electrons. The van der Waals surface area contributed by atoms with Crippen molar-refractivity contribution in [1.82, 2.24) is 24.3 Å². The predicted molar refractivity (Wildman–Crippen MR) is 105 cm³/mol. The summed E-state index contributed by atoms with van der Waals surface area (Å²) in [7, 11) is 0. The molecule has 0 saturated carbocycles. The van der Waals surface area contributed by atoms with Crippen molar-refractivity contribution in [2.75, 3.05) is 24.5 Å². The van der Waals surface area contributed by atoms with Gasteiger partial charge in [-0.2, -0.15) is 5.26 Å². The van der Waals surface area contributed by atoms with Crippen molar-refractivity contribution in [1.29, 1.82) is 5.26 Å². The van der Waals surface area contributed by atoms with Crippen LogP contribution in [0.4, 0.5) is 5.82 Å². The second kappa shape index (κ2) is 6.85. The highest BCUT2D eigenvalue weighted by Crippen LogP contribution is 2.28. The molecule has 0 aliphatic carbocycles. The summed E-state index contributed by atoms with van der Waals surface area (Å²) in [6.45, 7) is 2.72. The van der Waals surface area contributed by atoms with Gasteiger partial charge < -0.3 is 4.90 Å². The Hall–Kier alpha value is -3.60. The summed E-state index contributed by atoms with van der Waals surface area (Å²) < 4.78 is 1.81. The van der Waals surface area contributed by atoms with Crippen LogP contribution in [0, 0.1) is 17.2 Å². The lowest BCUT2D eigenvalue weighted by atomic mass is 9.91. The Labute approximate surface area is 161 Å². The quantitative estimate of drug-likeness (QED) is 0.702. The Morgan fingerprint density at radius 3 is 3.00 bits per heavy atom.